The van der Waals surface area contributed by atoms with Crippen LogP contribution < -0.4 is 4.74 Å². The van der Waals surface area contributed by atoms with Gasteiger partial charge in [0.2, 0.25) is 0 Å². The van der Waals surface area contributed by atoms with Gasteiger partial charge in [-0.15, -0.1) is 0 Å². The van der Waals surface area contributed by atoms with E-state index in [-0.39, 0.29) is 51.5 Å². The van der Waals surface area contributed by atoms with E-state index in [1.807, 2.05) is 0 Å². The number of hydrogen-bond acceptors (Lipinski definition) is 12. The summed E-state index contributed by atoms with van der Waals surface area (Å²) >= 11 is 11.7. The van der Waals surface area contributed by atoms with Crippen LogP contribution in [-0.4, -0.2) is 62.1 Å². The van der Waals surface area contributed by atoms with Crippen molar-refractivity contribution in [3.05, 3.63) is 91.4 Å². The molecule has 0 amide bonds. The molecule has 0 saturated heterocycles. The predicted molar refractivity (Wildman–Crippen MR) is 173 cm³/mol. The average molecular weight is 777 g/mol. The molecule has 0 N–H and O–H groups in total. The van der Waals surface area contributed by atoms with Crippen LogP contribution in [0.15, 0.2) is 59.5 Å². The lowest BCUT2D eigenvalue weighted by molar-refractivity contribution is -0.385. The Morgan fingerprint density at radius 2 is 1.57 bits per heavy atom. The highest BCUT2D eigenvalue weighted by Crippen LogP contribution is 2.37. The molecule has 3 aromatic rings. The monoisotopic (exact) mass is 775 g/mol. The molecule has 0 aromatic heterocycles. The Morgan fingerprint density at radius 3 is 2.10 bits per heavy atom. The number of nitrogens with zero attached hydrogens (tertiary/aromatic N) is 1. The van der Waals surface area contributed by atoms with Crippen LogP contribution >= 0.6 is 23.2 Å². The molecule has 13 nitrogen and oxygen atoms in total. The molecule has 19 heteroatoms. The number of nitro groups is 1. The van der Waals surface area contributed by atoms with Crippen LogP contribution in [0.5, 0.6) is 11.5 Å². The van der Waals surface area contributed by atoms with Crippen molar-refractivity contribution in [3.8, 4) is 11.5 Å². The SMILES string of the molecule is CCOC(=O)COC(=O)c1cc(Oc2ccc(C(F)(F)F)cc2Cl)ccc1[N+](=O)[O-].CS(=O)(=O)c1ccc(C(=O)C2C(=O)CCCC2=O)c(Cl)c1. The summed E-state index contributed by atoms with van der Waals surface area (Å²) < 4.78 is 75.6. The van der Waals surface area contributed by atoms with Gasteiger partial charge >= 0.3 is 18.1 Å². The van der Waals surface area contributed by atoms with Crippen molar-refractivity contribution in [2.24, 2.45) is 5.92 Å². The van der Waals surface area contributed by atoms with Crippen LogP contribution in [0.3, 0.4) is 0 Å². The lowest BCUT2D eigenvalue weighted by atomic mass is 9.82. The second-order valence-corrected chi connectivity index (χ2v) is 13.4. The molecule has 4 rings (SSSR count). The zero-order chi connectivity index (χ0) is 38.3. The normalized spacial score (nSPS) is 13.5. The molecule has 0 aliphatic heterocycles. The molecular formula is C32H26Cl2F3NO12S. The third-order valence-corrected chi connectivity index (χ3v) is 8.60. The lowest BCUT2D eigenvalue weighted by Gasteiger charge is -2.18. The number of alkyl halides is 3. The number of benzene rings is 3. The van der Waals surface area contributed by atoms with Crippen LogP contribution in [0.25, 0.3) is 0 Å². The summed E-state index contributed by atoms with van der Waals surface area (Å²) in [7, 11) is -3.44. The standard InChI is InChI=1S/C18H13ClF3NO7.C14H13ClO5S/c1-2-28-16(24)9-29-17(25)12-8-11(4-5-14(12)23(26)27)30-15-6-3-10(7-13(15)19)18(20,21)22;1-21(19,20)8-5-6-9(10(15)7-8)14(18)13-11(16)3-2-4-12(13)17/h3-8H,2,9H2,1H3;5-7,13H,2-4H2,1H3. The van der Waals surface area contributed by atoms with Crippen LogP contribution in [0, 0.1) is 16.0 Å². The number of sulfone groups is 1. The maximum Gasteiger partial charge on any atom is 0.416 e. The van der Waals surface area contributed by atoms with E-state index < -0.39 is 79.6 Å². The zero-order valence-corrected chi connectivity index (χ0v) is 28.8. The van der Waals surface area contributed by atoms with Gasteiger partial charge in [0.25, 0.3) is 5.69 Å². The largest absolute Gasteiger partial charge is 0.463 e. The third kappa shape index (κ3) is 10.8. The summed E-state index contributed by atoms with van der Waals surface area (Å²) in [6.07, 6.45) is -2.73. The fourth-order valence-corrected chi connectivity index (χ4v) is 5.68. The van der Waals surface area contributed by atoms with E-state index in [9.17, 15) is 55.7 Å². The summed E-state index contributed by atoms with van der Waals surface area (Å²) in [4.78, 5) is 69.6. The van der Waals surface area contributed by atoms with E-state index in [0.29, 0.717) is 12.5 Å². The van der Waals surface area contributed by atoms with Gasteiger partial charge in [-0.3, -0.25) is 24.5 Å². The molecule has 1 fully saturated rings. The van der Waals surface area contributed by atoms with Crippen molar-refractivity contribution in [2.45, 2.75) is 37.3 Å². The molecule has 1 saturated carbocycles. The first-order valence-electron chi connectivity index (χ1n) is 14.5. The lowest BCUT2D eigenvalue weighted by Crippen LogP contribution is -2.35. The van der Waals surface area contributed by atoms with E-state index in [2.05, 4.69) is 4.74 Å². The van der Waals surface area contributed by atoms with Gasteiger partial charge in [0.1, 0.15) is 23.0 Å². The van der Waals surface area contributed by atoms with Gasteiger partial charge in [0.05, 0.1) is 32.0 Å². The summed E-state index contributed by atoms with van der Waals surface area (Å²) in [5.41, 5.74) is -2.16. The molecular weight excluding hydrogens is 750 g/mol. The van der Waals surface area contributed by atoms with E-state index >= 15 is 0 Å². The molecule has 1 aliphatic carbocycles. The minimum absolute atomic E-state index is 0.00216. The van der Waals surface area contributed by atoms with Crippen LogP contribution in [-0.2, 0) is 39.9 Å². The minimum Gasteiger partial charge on any atom is -0.463 e. The number of hydrogen-bond donors (Lipinski definition) is 0. The van der Waals surface area contributed by atoms with Gasteiger partial charge in [-0.2, -0.15) is 13.2 Å². The molecule has 0 bridgehead atoms. The molecule has 0 unspecified atom stereocenters. The van der Waals surface area contributed by atoms with Crippen molar-refractivity contribution in [1.29, 1.82) is 0 Å². The molecule has 1 aliphatic rings. The maximum atomic E-state index is 12.7. The second kappa shape index (κ2) is 16.9. The Morgan fingerprint density at radius 1 is 0.922 bits per heavy atom. The summed E-state index contributed by atoms with van der Waals surface area (Å²) in [6, 6.07) is 9.00. The number of nitro benzene ring substituents is 1. The molecule has 0 radical (unpaired) electrons. The summed E-state index contributed by atoms with van der Waals surface area (Å²) in [5, 5.41) is 10.7. The first-order valence-corrected chi connectivity index (χ1v) is 17.1. The quantitative estimate of drug-likeness (QED) is 0.0702. The summed E-state index contributed by atoms with van der Waals surface area (Å²) in [5.74, 6) is -5.13. The number of esters is 2. The highest BCUT2D eigenvalue weighted by molar-refractivity contribution is 7.90. The van der Waals surface area contributed by atoms with Crippen molar-refractivity contribution < 1.29 is 64.7 Å². The molecule has 272 valence electrons. The number of carbonyl (C=O) groups is 5. The van der Waals surface area contributed by atoms with Crippen LogP contribution in [0.2, 0.25) is 10.0 Å². The maximum absolute atomic E-state index is 12.7. The van der Waals surface area contributed by atoms with E-state index in [1.54, 1.807) is 0 Å². The smallest absolute Gasteiger partial charge is 0.416 e. The Hall–Kier alpha value is -4.87. The molecule has 0 spiro atoms. The van der Waals surface area contributed by atoms with Crippen LogP contribution in [0.4, 0.5) is 18.9 Å². The van der Waals surface area contributed by atoms with E-state index in [4.69, 9.17) is 32.7 Å². The van der Waals surface area contributed by atoms with E-state index in [0.717, 1.165) is 42.7 Å². The first-order chi connectivity index (χ1) is 23.7. The van der Waals surface area contributed by atoms with Crippen LogP contribution in [0.1, 0.15) is 52.5 Å². The third-order valence-electron chi connectivity index (χ3n) is 6.88. The number of halogens is 5. The van der Waals surface area contributed by atoms with Gasteiger partial charge in [-0.1, -0.05) is 23.2 Å². The molecule has 51 heavy (non-hydrogen) atoms. The van der Waals surface area contributed by atoms with Gasteiger partial charge in [-0.05, 0) is 55.8 Å². The average Bonchev–Trinajstić information content (AvgIpc) is 3.03. The Labute approximate surface area is 297 Å². The van der Waals surface area contributed by atoms with Crippen molar-refractivity contribution >= 4 is 68.0 Å². The van der Waals surface area contributed by atoms with Gasteiger partial charge < -0.3 is 14.2 Å². The van der Waals surface area contributed by atoms with Gasteiger partial charge in [0.15, 0.2) is 33.8 Å². The molecule has 3 aromatic carbocycles. The fourth-order valence-electron chi connectivity index (χ4n) is 4.47. The van der Waals surface area contributed by atoms with Crippen molar-refractivity contribution in [3.63, 3.8) is 0 Å². The Kier molecular flexibility index (Phi) is 13.4. The van der Waals surface area contributed by atoms with Crippen molar-refractivity contribution in [2.75, 3.05) is 19.5 Å². The number of rotatable bonds is 10. The number of ether oxygens (including phenoxy) is 3. The van der Waals surface area contributed by atoms with Gasteiger partial charge in [0, 0.05) is 36.8 Å². The minimum atomic E-state index is -4.61. The highest BCUT2D eigenvalue weighted by atomic mass is 35.5. The first kappa shape index (κ1) is 40.6. The zero-order valence-electron chi connectivity index (χ0n) is 26.5. The highest BCUT2D eigenvalue weighted by Gasteiger charge is 2.37. The molecule has 0 atom stereocenters. The fraction of sp³-hybridized carbons (Fsp3) is 0.281. The van der Waals surface area contributed by atoms with E-state index in [1.165, 1.54) is 19.1 Å². The van der Waals surface area contributed by atoms with Crippen molar-refractivity contribution in [1.82, 2.24) is 0 Å². The predicted octanol–water partition coefficient (Wildman–Crippen LogP) is 6.64. The summed E-state index contributed by atoms with van der Waals surface area (Å²) in [6.45, 7) is 0.825. The topological polar surface area (TPSA) is 190 Å². The number of Topliss-reactive ketones (excluding diaryl/α,β-unsaturated/α-hetero) is 3. The Bertz CT molecular complexity index is 1990. The molecule has 0 heterocycles. The number of ketones is 3. The second-order valence-electron chi connectivity index (χ2n) is 10.6. The van der Waals surface area contributed by atoms with Gasteiger partial charge in [-0.25, -0.2) is 18.0 Å². The number of carbonyl (C=O) groups excluding carboxylic acids is 5. The Balaban J connectivity index is 0.000000293.